The van der Waals surface area contributed by atoms with Gasteiger partial charge < -0.3 is 4.42 Å². The van der Waals surface area contributed by atoms with Crippen molar-refractivity contribution < 1.29 is 26.0 Å². The third kappa shape index (κ3) is 5.09. The Labute approximate surface area is 221 Å². The van der Waals surface area contributed by atoms with E-state index in [4.69, 9.17) is 16.0 Å². The molecule has 0 bridgehead atoms. The van der Waals surface area contributed by atoms with Crippen LogP contribution >= 0.6 is 11.6 Å². The molecule has 0 amide bonds. The van der Waals surface area contributed by atoms with Gasteiger partial charge in [-0.05, 0) is 65.7 Å². The highest BCUT2D eigenvalue weighted by molar-refractivity contribution is 7.90. The topological polar surface area (TPSA) is 78.0 Å². The van der Waals surface area contributed by atoms with E-state index < -0.39 is 21.7 Å². The second kappa shape index (κ2) is 9.45. The number of nitrogens with zero attached hydrogens (tertiary/aromatic N) is 3. The van der Waals surface area contributed by atoms with Crippen LogP contribution in [0.25, 0.3) is 39.4 Å². The third-order valence-electron chi connectivity index (χ3n) is 5.81. The van der Waals surface area contributed by atoms with Crippen LogP contribution in [-0.2, 0) is 16.0 Å². The molecule has 0 aliphatic rings. The first-order valence-corrected chi connectivity index (χ1v) is 13.5. The molecular formula is C27H19ClF3N3O3S. The molecule has 5 rings (SSSR count). The molecule has 0 spiro atoms. The van der Waals surface area contributed by atoms with Gasteiger partial charge in [0.25, 0.3) is 0 Å². The average molecular weight is 558 g/mol. The Morgan fingerprint density at radius 3 is 2.26 bits per heavy atom. The molecule has 0 atom stereocenters. The summed E-state index contributed by atoms with van der Waals surface area (Å²) in [4.78, 5) is 4.69. The van der Waals surface area contributed by atoms with E-state index in [1.807, 2.05) is 0 Å². The molecule has 6 nitrogen and oxygen atoms in total. The molecule has 0 unspecified atom stereocenters. The fourth-order valence-corrected chi connectivity index (χ4v) is 4.82. The number of sulfone groups is 1. The van der Waals surface area contributed by atoms with Gasteiger partial charge in [-0.25, -0.2) is 18.1 Å². The van der Waals surface area contributed by atoms with Crippen molar-refractivity contribution in [2.45, 2.75) is 18.0 Å². The summed E-state index contributed by atoms with van der Waals surface area (Å²) in [5, 5.41) is 4.27. The number of alkyl halides is 3. The Morgan fingerprint density at radius 2 is 1.61 bits per heavy atom. The third-order valence-corrected chi connectivity index (χ3v) is 7.18. The van der Waals surface area contributed by atoms with E-state index in [0.717, 1.165) is 17.0 Å². The van der Waals surface area contributed by atoms with Crippen molar-refractivity contribution >= 4 is 21.4 Å². The van der Waals surface area contributed by atoms with Gasteiger partial charge >= 0.3 is 6.18 Å². The summed E-state index contributed by atoms with van der Waals surface area (Å²) in [6.07, 6.45) is -2.27. The van der Waals surface area contributed by atoms with Gasteiger partial charge in [0.05, 0.1) is 10.6 Å². The molecule has 5 aromatic rings. The summed E-state index contributed by atoms with van der Waals surface area (Å²) in [7, 11) is -3.46. The molecular weight excluding hydrogens is 539 g/mol. The van der Waals surface area contributed by atoms with Crippen molar-refractivity contribution in [3.05, 3.63) is 95.6 Å². The maximum absolute atomic E-state index is 13.3. The van der Waals surface area contributed by atoms with Crippen molar-refractivity contribution in [3.8, 4) is 39.4 Å². The summed E-state index contributed by atoms with van der Waals surface area (Å²) in [5.41, 5.74) is 1.99. The monoisotopic (exact) mass is 557 g/mol. The van der Waals surface area contributed by atoms with Gasteiger partial charge in [0, 0.05) is 35.5 Å². The second-order valence-corrected chi connectivity index (χ2v) is 11.0. The number of halogens is 4. The van der Waals surface area contributed by atoms with E-state index >= 15 is 0 Å². The predicted octanol–water partition coefficient (Wildman–Crippen LogP) is 7.25. The maximum atomic E-state index is 13.3. The summed E-state index contributed by atoms with van der Waals surface area (Å²) in [6.45, 7) is 1.66. The zero-order valence-electron chi connectivity index (χ0n) is 20.0. The minimum absolute atomic E-state index is 0.140. The average Bonchev–Trinajstić information content (AvgIpc) is 3.51. The fourth-order valence-electron chi connectivity index (χ4n) is 4.03. The van der Waals surface area contributed by atoms with Crippen LogP contribution in [0.1, 0.15) is 11.6 Å². The molecule has 0 N–H and O–H groups in total. The first-order chi connectivity index (χ1) is 17.9. The second-order valence-electron chi connectivity index (χ2n) is 8.59. The van der Waals surface area contributed by atoms with Gasteiger partial charge in [0.2, 0.25) is 0 Å². The Kier molecular flexibility index (Phi) is 6.40. The Balaban J connectivity index is 1.74. The summed E-state index contributed by atoms with van der Waals surface area (Å²) in [6, 6.07) is 19.2. The van der Waals surface area contributed by atoms with Crippen LogP contribution in [-0.4, -0.2) is 29.4 Å². The van der Waals surface area contributed by atoms with Crippen molar-refractivity contribution in [3.63, 3.8) is 0 Å². The lowest BCUT2D eigenvalue weighted by Crippen LogP contribution is -2.07. The number of rotatable bonds is 5. The van der Waals surface area contributed by atoms with E-state index in [0.29, 0.717) is 50.3 Å². The van der Waals surface area contributed by atoms with E-state index in [-0.39, 0.29) is 4.90 Å². The summed E-state index contributed by atoms with van der Waals surface area (Å²) in [5.74, 6) is 0.738. The summed E-state index contributed by atoms with van der Waals surface area (Å²) >= 11 is 6.05. The van der Waals surface area contributed by atoms with Crippen molar-refractivity contribution in [2.24, 2.45) is 0 Å². The highest BCUT2D eigenvalue weighted by atomic mass is 35.5. The normalized spacial score (nSPS) is 12.2. The lowest BCUT2D eigenvalue weighted by molar-refractivity contribution is -0.141. The van der Waals surface area contributed by atoms with Crippen LogP contribution in [0.3, 0.4) is 0 Å². The van der Waals surface area contributed by atoms with Gasteiger partial charge in [-0.3, -0.25) is 0 Å². The predicted molar refractivity (Wildman–Crippen MR) is 138 cm³/mol. The van der Waals surface area contributed by atoms with E-state index in [2.05, 4.69) is 10.1 Å². The minimum Gasteiger partial charge on any atom is -0.440 e. The van der Waals surface area contributed by atoms with E-state index in [1.165, 1.54) is 18.3 Å². The number of hydrogen-bond donors (Lipinski definition) is 0. The Morgan fingerprint density at radius 1 is 0.921 bits per heavy atom. The van der Waals surface area contributed by atoms with E-state index in [1.54, 1.807) is 61.5 Å². The van der Waals surface area contributed by atoms with Gasteiger partial charge in [-0.15, -0.1) is 0 Å². The van der Waals surface area contributed by atoms with Crippen LogP contribution in [0.15, 0.2) is 88.3 Å². The Hall–Kier alpha value is -3.89. The van der Waals surface area contributed by atoms with Crippen molar-refractivity contribution in [1.82, 2.24) is 14.8 Å². The van der Waals surface area contributed by atoms with E-state index in [9.17, 15) is 21.6 Å². The number of aryl methyl sites for hydroxylation is 1. The quantitative estimate of drug-likeness (QED) is 0.227. The zero-order valence-corrected chi connectivity index (χ0v) is 21.6. The molecule has 0 radical (unpaired) electrons. The van der Waals surface area contributed by atoms with Crippen LogP contribution in [0.5, 0.6) is 0 Å². The number of hydrogen-bond acceptors (Lipinski definition) is 5. The first kappa shape index (κ1) is 25.7. The van der Waals surface area contributed by atoms with Gasteiger partial charge in [0.1, 0.15) is 5.69 Å². The molecule has 11 heteroatoms. The molecule has 0 saturated heterocycles. The zero-order chi connectivity index (χ0) is 27.2. The van der Waals surface area contributed by atoms with Gasteiger partial charge in [-0.2, -0.15) is 18.3 Å². The smallest absolute Gasteiger partial charge is 0.435 e. The number of oxazole rings is 1. The molecule has 0 aliphatic carbocycles. The molecule has 0 saturated carbocycles. The highest BCUT2D eigenvalue weighted by Gasteiger charge is 2.34. The number of aromatic nitrogens is 3. The summed E-state index contributed by atoms with van der Waals surface area (Å²) < 4.78 is 71.2. The van der Waals surface area contributed by atoms with Crippen LogP contribution in [0, 0.1) is 6.92 Å². The standard InChI is InChI=1S/C27H19ClF3N3O3S/c1-16-32-25(26(37-16)17-6-9-20(28)10-7-17)22-15-19(18-4-3-5-21(14-18)38(2,35)36)8-11-23(22)34-13-12-24(33-34)27(29,30)31/h3-15H,1-2H3. The van der Waals surface area contributed by atoms with Crippen molar-refractivity contribution in [2.75, 3.05) is 6.26 Å². The largest absolute Gasteiger partial charge is 0.440 e. The van der Waals surface area contributed by atoms with Crippen LogP contribution < -0.4 is 0 Å². The molecule has 0 fully saturated rings. The number of benzene rings is 3. The lowest BCUT2D eigenvalue weighted by atomic mass is 9.98. The van der Waals surface area contributed by atoms with Gasteiger partial charge in [-0.1, -0.05) is 29.8 Å². The van der Waals surface area contributed by atoms with Gasteiger partial charge in [0.15, 0.2) is 27.2 Å². The minimum atomic E-state index is -4.61. The highest BCUT2D eigenvalue weighted by Crippen LogP contribution is 2.39. The molecule has 2 aromatic heterocycles. The van der Waals surface area contributed by atoms with Crippen LogP contribution in [0.4, 0.5) is 13.2 Å². The molecule has 3 aromatic carbocycles. The molecule has 38 heavy (non-hydrogen) atoms. The SMILES string of the molecule is Cc1nc(-c2cc(-c3cccc(S(C)(=O)=O)c3)ccc2-n2ccc(C(F)(F)F)n2)c(-c2ccc(Cl)cc2)o1. The lowest BCUT2D eigenvalue weighted by Gasteiger charge is -2.13. The fraction of sp³-hybridized carbons (Fsp3) is 0.111. The van der Waals surface area contributed by atoms with Crippen molar-refractivity contribution in [1.29, 1.82) is 0 Å². The molecule has 0 aliphatic heterocycles. The molecule has 194 valence electrons. The Bertz CT molecular complexity index is 1760. The first-order valence-electron chi connectivity index (χ1n) is 11.2. The van der Waals surface area contributed by atoms with Crippen LogP contribution in [0.2, 0.25) is 5.02 Å². The maximum Gasteiger partial charge on any atom is 0.435 e. The molecule has 2 heterocycles.